The summed E-state index contributed by atoms with van der Waals surface area (Å²) in [6, 6.07) is 7.09. The SMILES string of the molecule is CCCC(CNC)c1ccc2c(c1)CCS2. The van der Waals surface area contributed by atoms with Gasteiger partial charge in [-0.25, -0.2) is 0 Å². The molecule has 0 saturated heterocycles. The minimum Gasteiger partial charge on any atom is -0.319 e. The standard InChI is InChI=1S/C14H21NS/c1-3-4-13(10-15-2)11-5-6-14-12(9-11)7-8-16-14/h5-6,9,13,15H,3-4,7-8,10H2,1-2H3. The van der Waals surface area contributed by atoms with Crippen LogP contribution in [-0.2, 0) is 6.42 Å². The van der Waals surface area contributed by atoms with Gasteiger partial charge in [-0.1, -0.05) is 25.5 Å². The molecule has 0 aromatic heterocycles. The molecule has 16 heavy (non-hydrogen) atoms. The van der Waals surface area contributed by atoms with E-state index in [1.54, 1.807) is 5.56 Å². The quantitative estimate of drug-likeness (QED) is 0.839. The smallest absolute Gasteiger partial charge is 0.0105 e. The lowest BCUT2D eigenvalue weighted by molar-refractivity contribution is 0.575. The molecule has 1 aliphatic heterocycles. The first-order valence-electron chi connectivity index (χ1n) is 6.25. The van der Waals surface area contributed by atoms with Crippen molar-refractivity contribution in [3.8, 4) is 0 Å². The van der Waals surface area contributed by atoms with Gasteiger partial charge in [0.15, 0.2) is 0 Å². The highest BCUT2D eigenvalue weighted by molar-refractivity contribution is 7.99. The molecule has 1 aromatic carbocycles. The van der Waals surface area contributed by atoms with Crippen molar-refractivity contribution in [2.24, 2.45) is 0 Å². The average molecular weight is 235 g/mol. The number of hydrogen-bond donors (Lipinski definition) is 1. The van der Waals surface area contributed by atoms with Crippen LogP contribution in [0.2, 0.25) is 0 Å². The minimum absolute atomic E-state index is 0.686. The maximum Gasteiger partial charge on any atom is 0.0105 e. The summed E-state index contributed by atoms with van der Waals surface area (Å²) >= 11 is 2.00. The zero-order chi connectivity index (χ0) is 11.4. The molecule has 1 N–H and O–H groups in total. The topological polar surface area (TPSA) is 12.0 Å². The van der Waals surface area contributed by atoms with Gasteiger partial charge in [0.25, 0.3) is 0 Å². The van der Waals surface area contributed by atoms with Gasteiger partial charge < -0.3 is 5.32 Å². The van der Waals surface area contributed by atoms with E-state index in [2.05, 4.69) is 30.4 Å². The Balaban J connectivity index is 2.17. The number of aryl methyl sites for hydroxylation is 1. The summed E-state index contributed by atoms with van der Waals surface area (Å²) in [6.45, 7) is 3.37. The van der Waals surface area contributed by atoms with Crippen molar-refractivity contribution in [1.82, 2.24) is 5.32 Å². The van der Waals surface area contributed by atoms with E-state index in [4.69, 9.17) is 0 Å². The first-order chi connectivity index (χ1) is 7.85. The summed E-state index contributed by atoms with van der Waals surface area (Å²) in [5.74, 6) is 1.95. The van der Waals surface area contributed by atoms with Gasteiger partial charge in [-0.3, -0.25) is 0 Å². The molecule has 0 amide bonds. The molecule has 2 rings (SSSR count). The largest absolute Gasteiger partial charge is 0.319 e. The molecule has 88 valence electrons. The molecule has 0 spiro atoms. The molecule has 1 unspecified atom stereocenters. The van der Waals surface area contributed by atoms with E-state index < -0.39 is 0 Å². The predicted octanol–water partition coefficient (Wildman–Crippen LogP) is 3.44. The Labute approximate surface area is 103 Å². The lowest BCUT2D eigenvalue weighted by Crippen LogP contribution is -2.17. The van der Waals surface area contributed by atoms with E-state index in [1.165, 1.54) is 35.5 Å². The average Bonchev–Trinajstić information content (AvgIpc) is 2.75. The monoisotopic (exact) mass is 235 g/mol. The summed E-state index contributed by atoms with van der Waals surface area (Å²) in [6.07, 6.45) is 3.80. The number of thioether (sulfide) groups is 1. The van der Waals surface area contributed by atoms with Gasteiger partial charge in [-0.2, -0.15) is 0 Å². The second kappa shape index (κ2) is 5.74. The molecule has 1 nitrogen and oxygen atoms in total. The first kappa shape index (κ1) is 12.0. The van der Waals surface area contributed by atoms with E-state index in [1.807, 2.05) is 18.8 Å². The molecule has 0 fully saturated rings. The highest BCUT2D eigenvalue weighted by Crippen LogP contribution is 2.33. The molecule has 0 saturated carbocycles. The van der Waals surface area contributed by atoms with Crippen LogP contribution in [0, 0.1) is 0 Å². The zero-order valence-corrected chi connectivity index (χ0v) is 11.1. The second-order valence-electron chi connectivity index (χ2n) is 4.51. The van der Waals surface area contributed by atoms with Gasteiger partial charge in [0.05, 0.1) is 0 Å². The normalized spacial score (nSPS) is 16.1. The van der Waals surface area contributed by atoms with Crippen molar-refractivity contribution in [3.63, 3.8) is 0 Å². The molecule has 1 heterocycles. The lowest BCUT2D eigenvalue weighted by atomic mass is 9.93. The van der Waals surface area contributed by atoms with Crippen LogP contribution in [0.4, 0.5) is 0 Å². The van der Waals surface area contributed by atoms with Crippen molar-refractivity contribution in [1.29, 1.82) is 0 Å². The van der Waals surface area contributed by atoms with E-state index in [-0.39, 0.29) is 0 Å². The van der Waals surface area contributed by atoms with Crippen molar-refractivity contribution < 1.29 is 0 Å². The molecule has 1 aliphatic rings. The van der Waals surface area contributed by atoms with E-state index >= 15 is 0 Å². The van der Waals surface area contributed by atoms with Crippen molar-refractivity contribution >= 4 is 11.8 Å². The van der Waals surface area contributed by atoms with Gasteiger partial charge in [0, 0.05) is 17.2 Å². The molecular formula is C14H21NS. The Kier molecular flexibility index (Phi) is 4.30. The fourth-order valence-corrected chi connectivity index (χ4v) is 3.49. The van der Waals surface area contributed by atoms with Crippen LogP contribution in [0.5, 0.6) is 0 Å². The third-order valence-corrected chi connectivity index (χ3v) is 4.39. The van der Waals surface area contributed by atoms with E-state index in [9.17, 15) is 0 Å². The van der Waals surface area contributed by atoms with Crippen molar-refractivity contribution in [3.05, 3.63) is 29.3 Å². The van der Waals surface area contributed by atoms with E-state index in [0.29, 0.717) is 5.92 Å². The fraction of sp³-hybridized carbons (Fsp3) is 0.571. The minimum atomic E-state index is 0.686. The molecular weight excluding hydrogens is 214 g/mol. The van der Waals surface area contributed by atoms with E-state index in [0.717, 1.165) is 6.54 Å². The predicted molar refractivity (Wildman–Crippen MR) is 72.4 cm³/mol. The second-order valence-corrected chi connectivity index (χ2v) is 5.65. The van der Waals surface area contributed by atoms with Gasteiger partial charge in [0.2, 0.25) is 0 Å². The molecule has 1 aromatic rings. The van der Waals surface area contributed by atoms with Crippen LogP contribution in [-0.4, -0.2) is 19.3 Å². The third kappa shape index (κ3) is 2.61. The van der Waals surface area contributed by atoms with Crippen LogP contribution in [0.1, 0.15) is 36.8 Å². The first-order valence-corrected chi connectivity index (χ1v) is 7.24. The fourth-order valence-electron chi connectivity index (χ4n) is 2.44. The van der Waals surface area contributed by atoms with Crippen LogP contribution >= 0.6 is 11.8 Å². The number of nitrogens with one attached hydrogen (secondary N) is 1. The Morgan fingerprint density at radius 3 is 3.06 bits per heavy atom. The van der Waals surface area contributed by atoms with Crippen LogP contribution in [0.3, 0.4) is 0 Å². The van der Waals surface area contributed by atoms with Crippen LogP contribution in [0.25, 0.3) is 0 Å². The summed E-state index contributed by atoms with van der Waals surface area (Å²) in [4.78, 5) is 1.50. The van der Waals surface area contributed by atoms with Gasteiger partial charge in [-0.15, -0.1) is 11.8 Å². The Bertz CT molecular complexity index is 343. The van der Waals surface area contributed by atoms with Gasteiger partial charge in [-0.05, 0) is 43.0 Å². The summed E-state index contributed by atoms with van der Waals surface area (Å²) < 4.78 is 0. The summed E-state index contributed by atoms with van der Waals surface area (Å²) in [5, 5.41) is 3.31. The Hall–Kier alpha value is -0.470. The number of hydrogen-bond acceptors (Lipinski definition) is 2. The van der Waals surface area contributed by atoms with Crippen molar-refractivity contribution in [2.45, 2.75) is 37.0 Å². The maximum absolute atomic E-state index is 3.31. The highest BCUT2D eigenvalue weighted by Gasteiger charge is 2.15. The van der Waals surface area contributed by atoms with Crippen LogP contribution < -0.4 is 5.32 Å². The molecule has 2 heteroatoms. The number of rotatable bonds is 5. The Morgan fingerprint density at radius 2 is 2.31 bits per heavy atom. The summed E-state index contributed by atoms with van der Waals surface area (Å²) in [5.41, 5.74) is 3.09. The lowest BCUT2D eigenvalue weighted by Gasteiger charge is -2.17. The number of benzene rings is 1. The van der Waals surface area contributed by atoms with Crippen molar-refractivity contribution in [2.75, 3.05) is 19.3 Å². The molecule has 1 atom stereocenters. The zero-order valence-electron chi connectivity index (χ0n) is 10.3. The third-order valence-electron chi connectivity index (χ3n) is 3.27. The maximum atomic E-state index is 3.31. The van der Waals surface area contributed by atoms with Crippen LogP contribution in [0.15, 0.2) is 23.1 Å². The van der Waals surface area contributed by atoms with Gasteiger partial charge in [0.1, 0.15) is 0 Å². The highest BCUT2D eigenvalue weighted by atomic mass is 32.2. The number of fused-ring (bicyclic) bond motifs is 1. The Morgan fingerprint density at radius 1 is 1.44 bits per heavy atom. The molecule has 0 radical (unpaired) electrons. The number of likely N-dealkylation sites (N-methyl/N-ethyl adjacent to an activating group) is 1. The molecule has 0 aliphatic carbocycles. The molecule has 0 bridgehead atoms. The van der Waals surface area contributed by atoms with Gasteiger partial charge >= 0.3 is 0 Å². The summed E-state index contributed by atoms with van der Waals surface area (Å²) in [7, 11) is 2.05.